The lowest BCUT2D eigenvalue weighted by Gasteiger charge is -2.13. The van der Waals surface area contributed by atoms with Gasteiger partial charge in [0, 0.05) is 30.5 Å². The molecule has 0 saturated heterocycles. The number of aryl methyl sites for hydroxylation is 2. The molecule has 0 fully saturated rings. The number of nitrogens with zero attached hydrogens (tertiary/aromatic N) is 3. The highest BCUT2D eigenvalue weighted by atomic mass is 35.5. The lowest BCUT2D eigenvalue weighted by molar-refractivity contribution is -0.274. The summed E-state index contributed by atoms with van der Waals surface area (Å²) in [6.45, 7) is 3.42. The molecule has 0 N–H and O–H groups in total. The van der Waals surface area contributed by atoms with Crippen molar-refractivity contribution in [2.24, 2.45) is 0 Å². The lowest BCUT2D eigenvalue weighted by Crippen LogP contribution is -2.16. The Morgan fingerprint density at radius 3 is 2.25 bits per heavy atom. The normalized spacial score (nSPS) is 12.1. The monoisotopic (exact) mass is 587 g/mol. The zero-order valence-corrected chi connectivity index (χ0v) is 22.9. The first-order chi connectivity index (χ1) is 18.8. The van der Waals surface area contributed by atoms with Crippen molar-refractivity contribution in [1.82, 2.24) is 14.8 Å². The summed E-state index contributed by atoms with van der Waals surface area (Å²) in [6, 6.07) is 17.3. The minimum absolute atomic E-state index is 0.171. The molecule has 0 radical (unpaired) electrons. The van der Waals surface area contributed by atoms with Crippen LogP contribution in [0.4, 0.5) is 13.2 Å². The predicted molar refractivity (Wildman–Crippen MR) is 144 cm³/mol. The number of sulfone groups is 1. The molecule has 0 saturated carbocycles. The molecule has 5 rings (SSSR count). The van der Waals surface area contributed by atoms with Crippen LogP contribution in [0.25, 0.3) is 39.4 Å². The van der Waals surface area contributed by atoms with Gasteiger partial charge in [0.2, 0.25) is 0 Å². The molecule has 12 heteroatoms. The largest absolute Gasteiger partial charge is 0.573 e. The second-order valence-corrected chi connectivity index (χ2v) is 11.4. The van der Waals surface area contributed by atoms with Crippen molar-refractivity contribution in [3.63, 3.8) is 0 Å². The van der Waals surface area contributed by atoms with Crippen LogP contribution in [-0.2, 0) is 9.84 Å². The Labute approximate surface area is 232 Å². The minimum atomic E-state index is -4.82. The fourth-order valence-electron chi connectivity index (χ4n) is 4.19. The lowest BCUT2D eigenvalue weighted by atomic mass is 9.98. The van der Waals surface area contributed by atoms with Crippen molar-refractivity contribution in [2.75, 3.05) is 6.26 Å². The summed E-state index contributed by atoms with van der Waals surface area (Å²) in [4.78, 5) is 4.77. The van der Waals surface area contributed by atoms with Crippen LogP contribution in [0.2, 0.25) is 5.02 Å². The number of rotatable bonds is 6. The smallest absolute Gasteiger partial charge is 0.440 e. The number of aromatic nitrogens is 3. The highest BCUT2D eigenvalue weighted by Crippen LogP contribution is 2.39. The minimum Gasteiger partial charge on any atom is -0.440 e. The van der Waals surface area contributed by atoms with E-state index in [1.807, 2.05) is 12.1 Å². The maximum atomic E-state index is 12.7. The van der Waals surface area contributed by atoms with Crippen LogP contribution in [-0.4, -0.2) is 35.8 Å². The summed E-state index contributed by atoms with van der Waals surface area (Å²) in [5.74, 6) is 0.268. The van der Waals surface area contributed by atoms with Crippen molar-refractivity contribution in [1.29, 1.82) is 0 Å². The highest BCUT2D eigenvalue weighted by molar-refractivity contribution is 7.90. The molecule has 0 bridgehead atoms. The Hall–Kier alpha value is -4.09. The van der Waals surface area contributed by atoms with Crippen molar-refractivity contribution < 1.29 is 30.7 Å². The average molecular weight is 588 g/mol. The van der Waals surface area contributed by atoms with E-state index in [9.17, 15) is 21.6 Å². The van der Waals surface area contributed by atoms with Gasteiger partial charge >= 0.3 is 6.36 Å². The fourth-order valence-corrected chi connectivity index (χ4v) is 4.98. The number of alkyl halides is 3. The first-order valence-corrected chi connectivity index (χ1v) is 14.1. The van der Waals surface area contributed by atoms with E-state index in [1.165, 1.54) is 30.3 Å². The van der Waals surface area contributed by atoms with Gasteiger partial charge in [-0.15, -0.1) is 13.2 Å². The maximum absolute atomic E-state index is 12.7. The summed E-state index contributed by atoms with van der Waals surface area (Å²) in [6.07, 6.45) is -2.03. The molecule has 2 heterocycles. The van der Waals surface area contributed by atoms with Gasteiger partial charge in [-0.05, 0) is 66.6 Å². The van der Waals surface area contributed by atoms with Gasteiger partial charge in [-0.25, -0.2) is 18.1 Å². The molecule has 3 aromatic carbocycles. The molecular formula is C28H21ClF3N3O4S. The number of halogens is 4. The molecule has 0 aliphatic heterocycles. The van der Waals surface area contributed by atoms with Crippen LogP contribution in [0, 0.1) is 13.8 Å². The number of oxazole rings is 1. The molecule has 0 unspecified atom stereocenters. The van der Waals surface area contributed by atoms with Crippen molar-refractivity contribution in [2.45, 2.75) is 25.1 Å². The number of hydrogen-bond acceptors (Lipinski definition) is 6. The maximum Gasteiger partial charge on any atom is 0.573 e. The molecular weight excluding hydrogens is 567 g/mol. The third-order valence-electron chi connectivity index (χ3n) is 6.02. The summed E-state index contributed by atoms with van der Waals surface area (Å²) in [5.41, 5.74) is 4.00. The van der Waals surface area contributed by atoms with Gasteiger partial charge in [0.05, 0.1) is 21.3 Å². The summed E-state index contributed by atoms with van der Waals surface area (Å²) in [7, 11) is -3.44. The zero-order chi connectivity index (χ0) is 28.8. The highest BCUT2D eigenvalue weighted by Gasteiger charge is 2.31. The predicted octanol–water partition coefficient (Wildman–Crippen LogP) is 7.43. The second kappa shape index (κ2) is 10.1. The van der Waals surface area contributed by atoms with Gasteiger partial charge in [-0.2, -0.15) is 5.10 Å². The quantitative estimate of drug-likeness (QED) is 0.205. The van der Waals surface area contributed by atoms with Crippen LogP contribution in [0.3, 0.4) is 0 Å². The van der Waals surface area contributed by atoms with Gasteiger partial charge in [-0.3, -0.25) is 0 Å². The van der Waals surface area contributed by atoms with Gasteiger partial charge < -0.3 is 9.15 Å². The first kappa shape index (κ1) is 27.5. The molecule has 0 aliphatic carbocycles. The molecule has 0 spiro atoms. The SMILES string of the molecule is Cc1nc(-c2cc(-c3cccc(S(C)(=O)=O)c3)ccc2-n2cc(Cl)c(C)n2)c(-c2ccc(OC(F)(F)F)cc2)o1. The molecule has 5 aromatic rings. The number of ether oxygens (including phenoxy) is 1. The van der Waals surface area contributed by atoms with Crippen LogP contribution >= 0.6 is 11.6 Å². The fraction of sp³-hybridized carbons (Fsp3) is 0.143. The molecule has 0 atom stereocenters. The second-order valence-electron chi connectivity index (χ2n) is 9.02. The summed E-state index contributed by atoms with van der Waals surface area (Å²) in [5, 5.41) is 4.95. The Balaban J connectivity index is 1.69. The Bertz CT molecular complexity index is 1810. The third kappa shape index (κ3) is 5.75. The van der Waals surface area contributed by atoms with E-state index in [1.54, 1.807) is 49.0 Å². The topological polar surface area (TPSA) is 87.2 Å². The van der Waals surface area contributed by atoms with E-state index in [-0.39, 0.29) is 10.6 Å². The van der Waals surface area contributed by atoms with Crippen LogP contribution in [0.15, 0.2) is 82.2 Å². The average Bonchev–Trinajstić information content (AvgIpc) is 3.44. The Kier molecular flexibility index (Phi) is 6.97. The Morgan fingerprint density at radius 1 is 0.950 bits per heavy atom. The van der Waals surface area contributed by atoms with E-state index in [0.29, 0.717) is 56.0 Å². The number of hydrogen-bond donors (Lipinski definition) is 0. The molecule has 2 aromatic heterocycles. The van der Waals surface area contributed by atoms with Crippen molar-refractivity contribution in [3.8, 4) is 45.1 Å². The van der Waals surface area contributed by atoms with E-state index in [0.717, 1.165) is 6.26 Å². The van der Waals surface area contributed by atoms with Gasteiger partial charge in [-0.1, -0.05) is 29.8 Å². The van der Waals surface area contributed by atoms with Crippen LogP contribution < -0.4 is 4.74 Å². The van der Waals surface area contributed by atoms with E-state index < -0.39 is 16.2 Å². The van der Waals surface area contributed by atoms with Crippen LogP contribution in [0.5, 0.6) is 5.75 Å². The van der Waals surface area contributed by atoms with Crippen molar-refractivity contribution in [3.05, 3.63) is 89.5 Å². The van der Waals surface area contributed by atoms with E-state index in [4.69, 9.17) is 16.0 Å². The molecule has 40 heavy (non-hydrogen) atoms. The number of benzene rings is 3. The molecule has 0 amide bonds. The first-order valence-electron chi connectivity index (χ1n) is 11.8. The van der Waals surface area contributed by atoms with Gasteiger partial charge in [0.25, 0.3) is 0 Å². The summed E-state index contributed by atoms with van der Waals surface area (Å²) >= 11 is 6.29. The van der Waals surface area contributed by atoms with E-state index in [2.05, 4.69) is 14.8 Å². The molecule has 7 nitrogen and oxygen atoms in total. The molecule has 0 aliphatic rings. The zero-order valence-electron chi connectivity index (χ0n) is 21.3. The van der Waals surface area contributed by atoms with Gasteiger partial charge in [0.1, 0.15) is 11.4 Å². The Morgan fingerprint density at radius 2 is 1.62 bits per heavy atom. The molecule has 206 valence electrons. The standard InChI is InChI=1S/C28H21ClF3N3O4S/c1-16-24(29)15-35(34-16)25-12-9-20(19-5-4-6-22(13-19)40(3,36)37)14-23(25)26-27(38-17(2)33-26)18-7-10-21(11-8-18)39-28(30,31)32/h4-15H,1-3H3. The van der Waals surface area contributed by atoms with Gasteiger partial charge in [0.15, 0.2) is 21.5 Å². The third-order valence-corrected chi connectivity index (χ3v) is 7.50. The van der Waals surface area contributed by atoms with Crippen LogP contribution in [0.1, 0.15) is 11.6 Å². The van der Waals surface area contributed by atoms with Crippen molar-refractivity contribution >= 4 is 21.4 Å². The summed E-state index contributed by atoms with van der Waals surface area (Å²) < 4.78 is 73.8. The van der Waals surface area contributed by atoms with E-state index >= 15 is 0 Å².